The zero-order valence-corrected chi connectivity index (χ0v) is 20.8. The molecule has 34 heavy (non-hydrogen) atoms. The molecule has 3 heterocycles. The standard InChI is InChI=1S/C26H40N2O6/c1-6-8-17-33-24(32)19-18-12-13-26(34-18)20(19)22(30)27(15-10-9-11-16-29)21(26)23(31)28(14-7-2)25(3,4)5/h6-7,18-21,29H,1-2,8-17H2,3-5H3/t18-,19+,20-,21?,26?/m0/s1. The molecule has 0 saturated carbocycles. The van der Waals surface area contributed by atoms with E-state index in [9.17, 15) is 14.4 Å². The maximum Gasteiger partial charge on any atom is 0.312 e. The number of amides is 2. The van der Waals surface area contributed by atoms with Crippen molar-refractivity contribution in [3.8, 4) is 0 Å². The Bertz CT molecular complexity index is 806. The fraction of sp³-hybridized carbons (Fsp3) is 0.731. The summed E-state index contributed by atoms with van der Waals surface area (Å²) in [5.74, 6) is -2.24. The second-order valence-electron chi connectivity index (χ2n) is 10.5. The number of unbranched alkanes of at least 4 members (excludes halogenated alkanes) is 2. The molecule has 3 aliphatic rings. The summed E-state index contributed by atoms with van der Waals surface area (Å²) in [5.41, 5.74) is -1.51. The Morgan fingerprint density at radius 2 is 2.00 bits per heavy atom. The number of hydrogen-bond donors (Lipinski definition) is 1. The van der Waals surface area contributed by atoms with Crippen molar-refractivity contribution in [3.63, 3.8) is 0 Å². The van der Waals surface area contributed by atoms with Crippen LogP contribution in [-0.2, 0) is 23.9 Å². The summed E-state index contributed by atoms with van der Waals surface area (Å²) in [5, 5.41) is 9.14. The van der Waals surface area contributed by atoms with Gasteiger partial charge >= 0.3 is 5.97 Å². The predicted molar refractivity (Wildman–Crippen MR) is 128 cm³/mol. The minimum atomic E-state index is -1.03. The smallest absolute Gasteiger partial charge is 0.312 e. The van der Waals surface area contributed by atoms with E-state index < -0.39 is 41.1 Å². The summed E-state index contributed by atoms with van der Waals surface area (Å²) in [6.07, 6.45) is 6.69. The summed E-state index contributed by atoms with van der Waals surface area (Å²) in [6.45, 7) is 14.4. The lowest BCUT2D eigenvalue weighted by molar-refractivity contribution is -0.155. The third-order valence-corrected chi connectivity index (χ3v) is 7.32. The molecule has 2 unspecified atom stereocenters. The zero-order chi connectivity index (χ0) is 25.1. The van der Waals surface area contributed by atoms with Crippen LogP contribution < -0.4 is 0 Å². The fourth-order valence-corrected chi connectivity index (χ4v) is 5.82. The van der Waals surface area contributed by atoms with E-state index in [1.165, 1.54) is 0 Å². The van der Waals surface area contributed by atoms with E-state index in [0.717, 1.165) is 6.42 Å². The van der Waals surface area contributed by atoms with Crippen LogP contribution in [0.15, 0.2) is 25.3 Å². The van der Waals surface area contributed by atoms with Crippen LogP contribution in [0.1, 0.15) is 59.3 Å². The highest BCUT2D eigenvalue weighted by Crippen LogP contribution is 2.59. The predicted octanol–water partition coefficient (Wildman–Crippen LogP) is 2.46. The molecule has 0 aliphatic carbocycles. The van der Waals surface area contributed by atoms with Crippen LogP contribution in [0.5, 0.6) is 0 Å². The summed E-state index contributed by atoms with van der Waals surface area (Å²) >= 11 is 0. The molecule has 3 rings (SSSR count). The zero-order valence-electron chi connectivity index (χ0n) is 20.8. The first-order chi connectivity index (χ1) is 16.1. The lowest BCUT2D eigenvalue weighted by Gasteiger charge is -2.42. The van der Waals surface area contributed by atoms with E-state index in [1.54, 1.807) is 22.0 Å². The van der Waals surface area contributed by atoms with Crippen molar-refractivity contribution in [1.82, 2.24) is 9.80 Å². The Kier molecular flexibility index (Phi) is 8.24. The highest BCUT2D eigenvalue weighted by molar-refractivity contribution is 5.98. The molecule has 1 N–H and O–H groups in total. The minimum Gasteiger partial charge on any atom is -0.465 e. The molecule has 190 valence electrons. The topological polar surface area (TPSA) is 96.4 Å². The largest absolute Gasteiger partial charge is 0.465 e. The second-order valence-corrected chi connectivity index (χ2v) is 10.5. The van der Waals surface area contributed by atoms with Gasteiger partial charge in [-0.15, -0.1) is 13.2 Å². The number of carbonyl (C=O) groups is 3. The van der Waals surface area contributed by atoms with Crippen molar-refractivity contribution < 1.29 is 29.0 Å². The molecular weight excluding hydrogens is 436 g/mol. The summed E-state index contributed by atoms with van der Waals surface area (Å²) in [7, 11) is 0. The Balaban J connectivity index is 1.96. The first-order valence-electron chi connectivity index (χ1n) is 12.4. The Labute approximate surface area is 202 Å². The Morgan fingerprint density at radius 3 is 2.62 bits per heavy atom. The van der Waals surface area contributed by atoms with Gasteiger partial charge in [0.25, 0.3) is 0 Å². The number of carbonyl (C=O) groups excluding carboxylic acids is 3. The number of aliphatic hydroxyl groups excluding tert-OH is 1. The van der Waals surface area contributed by atoms with E-state index in [0.29, 0.717) is 45.2 Å². The molecule has 1 spiro atoms. The molecule has 3 saturated heterocycles. The molecular formula is C26H40N2O6. The summed E-state index contributed by atoms with van der Waals surface area (Å²) in [6, 6.07) is -0.797. The van der Waals surface area contributed by atoms with Gasteiger partial charge in [0.05, 0.1) is 24.5 Å². The van der Waals surface area contributed by atoms with Crippen LogP contribution >= 0.6 is 0 Å². The van der Waals surface area contributed by atoms with Crippen molar-refractivity contribution in [3.05, 3.63) is 25.3 Å². The molecule has 0 aromatic carbocycles. The number of rotatable bonds is 12. The lowest BCUT2D eigenvalue weighted by atomic mass is 9.70. The third-order valence-electron chi connectivity index (χ3n) is 7.32. The maximum atomic E-state index is 14.1. The number of hydrogen-bond acceptors (Lipinski definition) is 6. The molecule has 3 fully saturated rings. The summed E-state index contributed by atoms with van der Waals surface area (Å²) in [4.78, 5) is 44.3. The van der Waals surface area contributed by atoms with Crippen LogP contribution in [-0.4, -0.2) is 82.3 Å². The first-order valence-corrected chi connectivity index (χ1v) is 12.4. The van der Waals surface area contributed by atoms with Crippen LogP contribution in [0.2, 0.25) is 0 Å². The van der Waals surface area contributed by atoms with Crippen molar-refractivity contribution in [1.29, 1.82) is 0 Å². The SMILES string of the molecule is C=CCCOC(=O)[C@@H]1[C@@H]2CCC3(O2)C(C(=O)N(CC=C)C(C)(C)C)N(CCCCCO)C(=O)[C@H]13. The van der Waals surface area contributed by atoms with Crippen LogP contribution in [0.4, 0.5) is 0 Å². The van der Waals surface area contributed by atoms with Crippen LogP contribution in [0.3, 0.4) is 0 Å². The Hall–Kier alpha value is -2.19. The lowest BCUT2D eigenvalue weighted by Crippen LogP contribution is -2.59. The number of likely N-dealkylation sites (tertiary alicyclic amines) is 1. The number of nitrogens with zero attached hydrogens (tertiary/aromatic N) is 2. The number of esters is 1. The summed E-state index contributed by atoms with van der Waals surface area (Å²) < 4.78 is 11.9. The maximum absolute atomic E-state index is 14.1. The normalized spacial score (nSPS) is 29.8. The number of aliphatic hydroxyl groups is 1. The van der Waals surface area contributed by atoms with Gasteiger partial charge in [0, 0.05) is 25.2 Å². The average Bonchev–Trinajstić information content (AvgIpc) is 3.41. The van der Waals surface area contributed by atoms with Crippen LogP contribution in [0.25, 0.3) is 0 Å². The van der Waals surface area contributed by atoms with Gasteiger partial charge in [-0.25, -0.2) is 0 Å². The van der Waals surface area contributed by atoms with Gasteiger partial charge in [-0.2, -0.15) is 0 Å². The molecule has 3 aliphatic heterocycles. The van der Waals surface area contributed by atoms with E-state index in [-0.39, 0.29) is 25.0 Å². The van der Waals surface area contributed by atoms with Gasteiger partial charge < -0.3 is 24.4 Å². The van der Waals surface area contributed by atoms with Gasteiger partial charge in [0.15, 0.2) is 0 Å². The van der Waals surface area contributed by atoms with E-state index in [4.69, 9.17) is 14.6 Å². The van der Waals surface area contributed by atoms with E-state index >= 15 is 0 Å². The molecule has 8 heteroatoms. The van der Waals surface area contributed by atoms with Crippen molar-refractivity contribution >= 4 is 17.8 Å². The molecule has 2 amide bonds. The number of ether oxygens (including phenoxy) is 2. The van der Waals surface area contributed by atoms with Gasteiger partial charge in [-0.05, 0) is 59.3 Å². The van der Waals surface area contributed by atoms with Crippen molar-refractivity contribution in [2.45, 2.75) is 82.6 Å². The molecule has 2 bridgehead atoms. The van der Waals surface area contributed by atoms with Gasteiger partial charge in [-0.3, -0.25) is 14.4 Å². The van der Waals surface area contributed by atoms with Gasteiger partial charge in [0.1, 0.15) is 11.6 Å². The van der Waals surface area contributed by atoms with Crippen molar-refractivity contribution in [2.75, 3.05) is 26.3 Å². The third kappa shape index (κ3) is 4.67. The molecule has 5 atom stereocenters. The quantitative estimate of drug-likeness (QED) is 0.264. The molecule has 0 aromatic heterocycles. The molecule has 0 radical (unpaired) electrons. The minimum absolute atomic E-state index is 0.0867. The fourth-order valence-electron chi connectivity index (χ4n) is 5.82. The molecule has 8 nitrogen and oxygen atoms in total. The first kappa shape index (κ1) is 26.4. The Morgan fingerprint density at radius 1 is 1.26 bits per heavy atom. The van der Waals surface area contributed by atoms with E-state index in [1.807, 2.05) is 20.8 Å². The highest BCUT2D eigenvalue weighted by atomic mass is 16.6. The second kappa shape index (κ2) is 10.6. The number of fused-ring (bicyclic) bond motifs is 1. The van der Waals surface area contributed by atoms with E-state index in [2.05, 4.69) is 13.2 Å². The molecule has 0 aromatic rings. The van der Waals surface area contributed by atoms with Gasteiger partial charge in [-0.1, -0.05) is 12.2 Å². The van der Waals surface area contributed by atoms with Gasteiger partial charge in [0.2, 0.25) is 11.8 Å². The highest BCUT2D eigenvalue weighted by Gasteiger charge is 2.75. The monoisotopic (exact) mass is 476 g/mol. The van der Waals surface area contributed by atoms with Crippen LogP contribution in [0, 0.1) is 11.8 Å². The van der Waals surface area contributed by atoms with Crippen molar-refractivity contribution in [2.24, 2.45) is 11.8 Å². The average molecular weight is 477 g/mol.